The van der Waals surface area contributed by atoms with Crippen LogP contribution in [-0.2, 0) is 0 Å². The third kappa shape index (κ3) is 3.02. The number of nitrogens with one attached hydrogen (secondary N) is 1. The van der Waals surface area contributed by atoms with Gasteiger partial charge in [0.05, 0.1) is 15.7 Å². The van der Waals surface area contributed by atoms with Crippen LogP contribution in [0.15, 0.2) is 39.4 Å². The van der Waals surface area contributed by atoms with Gasteiger partial charge in [0, 0.05) is 15.7 Å². The summed E-state index contributed by atoms with van der Waals surface area (Å²) in [7, 11) is 0. The minimum Gasteiger partial charge on any atom is -0.338 e. The van der Waals surface area contributed by atoms with Crippen molar-refractivity contribution in [3.05, 3.63) is 50.0 Å². The van der Waals surface area contributed by atoms with Gasteiger partial charge in [0.1, 0.15) is 11.9 Å². The Labute approximate surface area is 126 Å². The minimum atomic E-state index is 0.510. The van der Waals surface area contributed by atoms with Crippen LogP contribution in [0.4, 0.5) is 11.5 Å². The lowest BCUT2D eigenvalue weighted by atomic mass is 10.2. The van der Waals surface area contributed by atoms with Gasteiger partial charge in [-0.2, -0.15) is 5.26 Å². The number of rotatable bonds is 2. The summed E-state index contributed by atoms with van der Waals surface area (Å²) >= 11 is 12.6. The maximum Gasteiger partial charge on any atom is 0.144 e. The van der Waals surface area contributed by atoms with Gasteiger partial charge in [-0.1, -0.05) is 11.6 Å². The predicted octanol–water partition coefficient (Wildman–Crippen LogP) is 4.88. The molecule has 1 aromatic carbocycles. The van der Waals surface area contributed by atoms with Gasteiger partial charge in [-0.3, -0.25) is 0 Å². The van der Waals surface area contributed by atoms with Crippen LogP contribution in [-0.4, -0.2) is 4.98 Å². The normalized spacial score (nSPS) is 9.89. The number of halogens is 3. The van der Waals surface area contributed by atoms with Crippen LogP contribution in [0, 0.1) is 11.3 Å². The van der Waals surface area contributed by atoms with Crippen LogP contribution >= 0.6 is 43.5 Å². The molecule has 0 saturated carbocycles. The molecule has 6 heteroatoms. The van der Waals surface area contributed by atoms with Crippen molar-refractivity contribution in [2.45, 2.75) is 0 Å². The molecule has 18 heavy (non-hydrogen) atoms. The topological polar surface area (TPSA) is 48.7 Å². The van der Waals surface area contributed by atoms with Gasteiger partial charge in [-0.05, 0) is 56.1 Å². The molecule has 0 atom stereocenters. The second kappa shape index (κ2) is 5.70. The highest BCUT2D eigenvalue weighted by Crippen LogP contribution is 2.29. The van der Waals surface area contributed by atoms with Crippen molar-refractivity contribution in [2.24, 2.45) is 0 Å². The average molecular weight is 387 g/mol. The van der Waals surface area contributed by atoms with Gasteiger partial charge < -0.3 is 5.32 Å². The van der Waals surface area contributed by atoms with Crippen molar-refractivity contribution in [1.82, 2.24) is 4.98 Å². The Morgan fingerprint density at radius 2 is 2.06 bits per heavy atom. The van der Waals surface area contributed by atoms with Crippen molar-refractivity contribution >= 4 is 55.0 Å². The monoisotopic (exact) mass is 385 g/mol. The zero-order valence-corrected chi connectivity index (χ0v) is 12.8. The molecular weight excluding hydrogens is 381 g/mol. The Bertz CT molecular complexity index is 638. The van der Waals surface area contributed by atoms with Gasteiger partial charge in [0.25, 0.3) is 0 Å². The number of anilines is 2. The predicted molar refractivity (Wildman–Crippen MR) is 79.1 cm³/mol. The molecule has 0 aliphatic carbocycles. The first-order valence-corrected chi connectivity index (χ1v) is 6.84. The number of hydrogen-bond donors (Lipinski definition) is 1. The summed E-state index contributed by atoms with van der Waals surface area (Å²) in [6.45, 7) is 0. The fraction of sp³-hybridized carbons (Fsp3) is 0. The Morgan fingerprint density at radius 3 is 2.72 bits per heavy atom. The number of nitrogens with zero attached hydrogens (tertiary/aromatic N) is 2. The first kappa shape index (κ1) is 13.3. The zero-order valence-electron chi connectivity index (χ0n) is 8.92. The van der Waals surface area contributed by atoms with E-state index in [9.17, 15) is 0 Å². The molecule has 0 amide bonds. The molecule has 0 aliphatic rings. The molecule has 3 nitrogen and oxygen atoms in total. The summed E-state index contributed by atoms with van der Waals surface area (Å²) in [6, 6.07) is 9.00. The van der Waals surface area contributed by atoms with Crippen LogP contribution in [0.5, 0.6) is 0 Å². The van der Waals surface area contributed by atoms with E-state index < -0.39 is 0 Å². The molecule has 0 spiro atoms. The molecule has 0 saturated heterocycles. The SMILES string of the molecule is N#Cc1ccc(Cl)cc1Nc1ncc(Br)cc1Br. The Kier molecular flexibility index (Phi) is 4.23. The van der Waals surface area contributed by atoms with E-state index >= 15 is 0 Å². The van der Waals surface area contributed by atoms with Crippen molar-refractivity contribution in [3.8, 4) is 6.07 Å². The number of aromatic nitrogens is 1. The van der Waals surface area contributed by atoms with E-state index in [0.29, 0.717) is 22.1 Å². The smallest absolute Gasteiger partial charge is 0.144 e. The lowest BCUT2D eigenvalue weighted by molar-refractivity contribution is 1.27. The average Bonchev–Trinajstić information content (AvgIpc) is 2.33. The van der Waals surface area contributed by atoms with E-state index in [0.717, 1.165) is 8.95 Å². The summed E-state index contributed by atoms with van der Waals surface area (Å²) in [5.41, 5.74) is 1.14. The van der Waals surface area contributed by atoms with E-state index in [1.165, 1.54) is 0 Å². The maximum absolute atomic E-state index is 9.03. The van der Waals surface area contributed by atoms with Crippen LogP contribution in [0.1, 0.15) is 5.56 Å². The molecule has 1 heterocycles. The van der Waals surface area contributed by atoms with Crippen LogP contribution < -0.4 is 5.32 Å². The van der Waals surface area contributed by atoms with Gasteiger partial charge in [-0.15, -0.1) is 0 Å². The van der Waals surface area contributed by atoms with Gasteiger partial charge in [0.2, 0.25) is 0 Å². The number of benzene rings is 1. The molecule has 0 fully saturated rings. The molecule has 0 bridgehead atoms. The Balaban J connectivity index is 2.40. The van der Waals surface area contributed by atoms with E-state index in [1.807, 2.05) is 6.07 Å². The summed E-state index contributed by atoms with van der Waals surface area (Å²) in [5.74, 6) is 0.622. The number of pyridine rings is 1. The van der Waals surface area contributed by atoms with Gasteiger partial charge >= 0.3 is 0 Å². The summed E-state index contributed by atoms with van der Waals surface area (Å²) in [5, 5.41) is 12.7. The lowest BCUT2D eigenvalue weighted by Crippen LogP contribution is -1.97. The van der Waals surface area contributed by atoms with Gasteiger partial charge in [0.15, 0.2) is 0 Å². The van der Waals surface area contributed by atoms with E-state index in [-0.39, 0.29) is 0 Å². The van der Waals surface area contributed by atoms with Crippen molar-refractivity contribution in [1.29, 1.82) is 5.26 Å². The van der Waals surface area contributed by atoms with Crippen LogP contribution in [0.25, 0.3) is 0 Å². The third-order valence-corrected chi connectivity index (χ3v) is 3.44. The first-order chi connectivity index (χ1) is 8.60. The summed E-state index contributed by atoms with van der Waals surface area (Å²) < 4.78 is 1.66. The zero-order chi connectivity index (χ0) is 13.1. The molecule has 1 N–H and O–H groups in total. The van der Waals surface area contributed by atoms with Crippen molar-refractivity contribution < 1.29 is 0 Å². The molecular formula is C12H6Br2ClN3. The molecule has 2 rings (SSSR count). The Hall–Kier alpha value is -1.09. The number of hydrogen-bond acceptors (Lipinski definition) is 3. The van der Waals surface area contributed by atoms with Gasteiger partial charge in [-0.25, -0.2) is 4.98 Å². The van der Waals surface area contributed by atoms with Crippen LogP contribution in [0.3, 0.4) is 0 Å². The quantitative estimate of drug-likeness (QED) is 0.799. The second-order valence-corrected chi connectivity index (χ2v) is 5.62. The molecule has 90 valence electrons. The van der Waals surface area contributed by atoms with E-state index in [1.54, 1.807) is 24.4 Å². The second-order valence-electron chi connectivity index (χ2n) is 3.41. The number of nitriles is 1. The largest absolute Gasteiger partial charge is 0.338 e. The third-order valence-electron chi connectivity index (χ3n) is 2.16. The maximum atomic E-state index is 9.03. The summed E-state index contributed by atoms with van der Waals surface area (Å²) in [4.78, 5) is 4.22. The van der Waals surface area contributed by atoms with Crippen molar-refractivity contribution in [3.63, 3.8) is 0 Å². The van der Waals surface area contributed by atoms with E-state index in [4.69, 9.17) is 16.9 Å². The highest BCUT2D eigenvalue weighted by atomic mass is 79.9. The molecule has 0 aliphatic heterocycles. The fourth-order valence-corrected chi connectivity index (χ4v) is 2.61. The van der Waals surface area contributed by atoms with Crippen molar-refractivity contribution in [2.75, 3.05) is 5.32 Å². The van der Waals surface area contributed by atoms with E-state index in [2.05, 4.69) is 48.2 Å². The standard InChI is InChI=1S/C12H6Br2ClN3/c13-8-3-10(14)12(17-6-8)18-11-4-9(15)2-1-7(11)5-16/h1-4,6H,(H,17,18). The molecule has 2 aromatic rings. The minimum absolute atomic E-state index is 0.510. The van der Waals surface area contributed by atoms with Crippen LogP contribution in [0.2, 0.25) is 5.02 Å². The Morgan fingerprint density at radius 1 is 1.28 bits per heavy atom. The fourth-order valence-electron chi connectivity index (χ4n) is 1.35. The highest BCUT2D eigenvalue weighted by molar-refractivity contribution is 9.11. The lowest BCUT2D eigenvalue weighted by Gasteiger charge is -2.09. The molecule has 0 radical (unpaired) electrons. The summed E-state index contributed by atoms with van der Waals surface area (Å²) in [6.07, 6.45) is 1.67. The highest BCUT2D eigenvalue weighted by Gasteiger charge is 2.07. The molecule has 0 unspecified atom stereocenters. The molecule has 1 aromatic heterocycles. The first-order valence-electron chi connectivity index (χ1n) is 4.88.